The Morgan fingerprint density at radius 3 is 2.73 bits per heavy atom. The Kier molecular flexibility index (Phi) is 2.19. The summed E-state index contributed by atoms with van der Waals surface area (Å²) >= 11 is 5.54. The van der Waals surface area contributed by atoms with Crippen LogP contribution in [0.3, 0.4) is 0 Å². The van der Waals surface area contributed by atoms with Crippen molar-refractivity contribution in [3.63, 3.8) is 0 Å². The molecule has 0 saturated heterocycles. The fourth-order valence-electron chi connectivity index (χ4n) is 0.809. The van der Waals surface area contributed by atoms with E-state index in [1.165, 1.54) is 13.2 Å². The van der Waals surface area contributed by atoms with Gasteiger partial charge in [-0.2, -0.15) is 4.73 Å². The van der Waals surface area contributed by atoms with Gasteiger partial charge in [0.2, 0.25) is 5.69 Å². The predicted octanol–water partition coefficient (Wildman–Crippen LogP) is 1.29. The van der Waals surface area contributed by atoms with Crippen molar-refractivity contribution < 1.29 is 9.47 Å². The molecule has 1 rings (SSSR count). The standard InChI is InChI=1S/C7H8ClNO2/c1-5-6(11-2)3-4-7(8)9(5)10/h3-4H,1-2H3. The molecule has 0 amide bonds. The van der Waals surface area contributed by atoms with E-state index in [-0.39, 0.29) is 5.15 Å². The molecule has 1 aromatic rings. The number of aromatic nitrogens is 1. The van der Waals surface area contributed by atoms with E-state index in [2.05, 4.69) is 0 Å². The third-order valence-corrected chi connectivity index (χ3v) is 1.73. The van der Waals surface area contributed by atoms with Gasteiger partial charge in [-0.25, -0.2) is 0 Å². The van der Waals surface area contributed by atoms with Crippen LogP contribution >= 0.6 is 11.6 Å². The summed E-state index contributed by atoms with van der Waals surface area (Å²) in [6, 6.07) is 3.16. The Morgan fingerprint density at radius 1 is 1.55 bits per heavy atom. The van der Waals surface area contributed by atoms with Crippen molar-refractivity contribution in [3.05, 3.63) is 28.2 Å². The van der Waals surface area contributed by atoms with E-state index in [0.717, 1.165) is 0 Å². The van der Waals surface area contributed by atoms with E-state index >= 15 is 0 Å². The van der Waals surface area contributed by atoms with E-state index in [1.54, 1.807) is 13.0 Å². The van der Waals surface area contributed by atoms with Gasteiger partial charge >= 0.3 is 0 Å². The molecule has 11 heavy (non-hydrogen) atoms. The van der Waals surface area contributed by atoms with Gasteiger partial charge in [-0.1, -0.05) is 0 Å². The van der Waals surface area contributed by atoms with Crippen LogP contribution in [-0.2, 0) is 0 Å². The molecule has 0 aliphatic carbocycles. The quantitative estimate of drug-likeness (QED) is 0.365. The first-order valence-electron chi connectivity index (χ1n) is 3.09. The summed E-state index contributed by atoms with van der Waals surface area (Å²) in [5.41, 5.74) is 0.472. The number of hydrogen-bond donors (Lipinski definition) is 0. The van der Waals surface area contributed by atoms with Crippen molar-refractivity contribution in [1.82, 2.24) is 0 Å². The first kappa shape index (κ1) is 8.14. The van der Waals surface area contributed by atoms with E-state index < -0.39 is 0 Å². The van der Waals surface area contributed by atoms with Crippen LogP contribution in [0, 0.1) is 12.1 Å². The van der Waals surface area contributed by atoms with E-state index in [0.29, 0.717) is 16.2 Å². The minimum atomic E-state index is 0.156. The van der Waals surface area contributed by atoms with Gasteiger partial charge in [-0.15, -0.1) is 0 Å². The maximum atomic E-state index is 11.1. The monoisotopic (exact) mass is 173 g/mol. The van der Waals surface area contributed by atoms with Crippen molar-refractivity contribution in [1.29, 1.82) is 0 Å². The minimum absolute atomic E-state index is 0.156. The van der Waals surface area contributed by atoms with Crippen molar-refractivity contribution in [3.8, 4) is 5.75 Å². The molecule has 0 spiro atoms. The van der Waals surface area contributed by atoms with Gasteiger partial charge in [0.15, 0.2) is 5.75 Å². The van der Waals surface area contributed by atoms with Gasteiger partial charge in [0.25, 0.3) is 5.15 Å². The van der Waals surface area contributed by atoms with Crippen molar-refractivity contribution in [2.24, 2.45) is 0 Å². The van der Waals surface area contributed by atoms with Gasteiger partial charge in [0.1, 0.15) is 0 Å². The Morgan fingerprint density at radius 2 is 2.18 bits per heavy atom. The normalized spacial score (nSPS) is 9.73. The lowest BCUT2D eigenvalue weighted by atomic mass is 10.3. The number of nitrogens with zero attached hydrogens (tertiary/aromatic N) is 1. The maximum Gasteiger partial charge on any atom is 0.286 e. The lowest BCUT2D eigenvalue weighted by Crippen LogP contribution is -2.31. The van der Waals surface area contributed by atoms with Crippen LogP contribution in [0.5, 0.6) is 5.75 Å². The second kappa shape index (κ2) is 2.96. The molecular weight excluding hydrogens is 166 g/mol. The number of pyridine rings is 1. The van der Waals surface area contributed by atoms with Crippen LogP contribution in [0.1, 0.15) is 5.69 Å². The fourth-order valence-corrected chi connectivity index (χ4v) is 0.999. The second-order valence-electron chi connectivity index (χ2n) is 2.10. The van der Waals surface area contributed by atoms with E-state index in [1.807, 2.05) is 0 Å². The molecule has 0 bridgehead atoms. The predicted molar refractivity (Wildman–Crippen MR) is 41.7 cm³/mol. The molecule has 0 atom stereocenters. The van der Waals surface area contributed by atoms with Crippen molar-refractivity contribution >= 4 is 11.6 Å². The van der Waals surface area contributed by atoms with Gasteiger partial charge in [0, 0.05) is 13.0 Å². The van der Waals surface area contributed by atoms with Gasteiger partial charge in [-0.05, 0) is 17.7 Å². The average Bonchev–Trinajstić information content (AvgIpc) is 2.01. The molecule has 60 valence electrons. The van der Waals surface area contributed by atoms with Crippen molar-refractivity contribution in [2.45, 2.75) is 6.92 Å². The molecule has 0 fully saturated rings. The summed E-state index contributed by atoms with van der Waals surface area (Å²) < 4.78 is 5.53. The highest BCUT2D eigenvalue weighted by molar-refractivity contribution is 6.28. The van der Waals surface area contributed by atoms with Gasteiger partial charge < -0.3 is 9.94 Å². The summed E-state index contributed by atoms with van der Waals surface area (Å²) in [7, 11) is 1.51. The zero-order chi connectivity index (χ0) is 8.43. The molecule has 0 aliphatic rings. The van der Waals surface area contributed by atoms with Crippen LogP contribution in [0.25, 0.3) is 0 Å². The summed E-state index contributed by atoms with van der Waals surface area (Å²) in [5, 5.41) is 11.2. The summed E-state index contributed by atoms with van der Waals surface area (Å²) in [6.07, 6.45) is 0. The number of methoxy groups -OCH3 is 1. The lowest BCUT2D eigenvalue weighted by molar-refractivity contribution is -0.610. The van der Waals surface area contributed by atoms with E-state index in [4.69, 9.17) is 16.3 Å². The fraction of sp³-hybridized carbons (Fsp3) is 0.286. The Bertz CT molecular complexity index is 275. The summed E-state index contributed by atoms with van der Waals surface area (Å²) in [5.74, 6) is 0.546. The lowest BCUT2D eigenvalue weighted by Gasteiger charge is -2.05. The highest BCUT2D eigenvalue weighted by Gasteiger charge is 2.10. The molecular formula is C7H8ClNO2. The molecule has 1 heterocycles. The number of rotatable bonds is 1. The van der Waals surface area contributed by atoms with E-state index in [9.17, 15) is 5.21 Å². The van der Waals surface area contributed by atoms with Crippen molar-refractivity contribution in [2.75, 3.05) is 7.11 Å². The highest BCUT2D eigenvalue weighted by Crippen LogP contribution is 2.15. The van der Waals surface area contributed by atoms with Gasteiger partial charge in [0.05, 0.1) is 7.11 Å². The zero-order valence-corrected chi connectivity index (χ0v) is 7.05. The van der Waals surface area contributed by atoms with Crippen LogP contribution in [-0.4, -0.2) is 7.11 Å². The van der Waals surface area contributed by atoms with Crippen LogP contribution in [0.4, 0.5) is 0 Å². The molecule has 0 aromatic carbocycles. The maximum absolute atomic E-state index is 11.1. The molecule has 3 nitrogen and oxygen atoms in total. The molecule has 0 saturated carbocycles. The average molecular weight is 174 g/mol. The van der Waals surface area contributed by atoms with Crippen LogP contribution in [0.15, 0.2) is 12.1 Å². The second-order valence-corrected chi connectivity index (χ2v) is 2.49. The molecule has 0 N–H and O–H groups in total. The van der Waals surface area contributed by atoms with Gasteiger partial charge in [-0.3, -0.25) is 0 Å². The first-order valence-corrected chi connectivity index (χ1v) is 3.47. The smallest absolute Gasteiger partial charge is 0.286 e. The molecule has 0 aliphatic heterocycles. The SMILES string of the molecule is COc1ccc(Cl)[n+]([O-])c1C. The summed E-state index contributed by atoms with van der Waals surface area (Å²) in [4.78, 5) is 0. The number of hydrogen-bond acceptors (Lipinski definition) is 2. The van der Waals surface area contributed by atoms with Crippen LogP contribution < -0.4 is 9.47 Å². The molecule has 0 radical (unpaired) electrons. The Hall–Kier alpha value is -0.960. The third kappa shape index (κ3) is 1.38. The highest BCUT2D eigenvalue weighted by atomic mass is 35.5. The third-order valence-electron chi connectivity index (χ3n) is 1.45. The largest absolute Gasteiger partial charge is 0.617 e. The zero-order valence-electron chi connectivity index (χ0n) is 6.30. The Labute approximate surface area is 69.8 Å². The molecule has 4 heteroatoms. The Balaban J connectivity index is 3.25. The topological polar surface area (TPSA) is 36.2 Å². The first-order chi connectivity index (χ1) is 5.16. The van der Waals surface area contributed by atoms with Crippen LogP contribution in [0.2, 0.25) is 5.15 Å². The minimum Gasteiger partial charge on any atom is -0.617 e. The number of ether oxygens (including phenoxy) is 1. The summed E-state index contributed by atoms with van der Waals surface area (Å²) in [6.45, 7) is 1.65. The molecule has 1 aromatic heterocycles. The molecule has 0 unspecified atom stereocenters. The number of halogens is 1.